The van der Waals surface area contributed by atoms with E-state index in [2.05, 4.69) is 21.4 Å². The first kappa shape index (κ1) is 20.4. The van der Waals surface area contributed by atoms with Crippen LogP contribution in [0.3, 0.4) is 0 Å². The molecular formula is C21H23BrN2O4. The summed E-state index contributed by atoms with van der Waals surface area (Å²) in [4.78, 5) is 25.2. The lowest BCUT2D eigenvalue weighted by molar-refractivity contribution is -0.154. The Balaban J connectivity index is 1.76. The van der Waals surface area contributed by atoms with Crippen molar-refractivity contribution >= 4 is 33.6 Å². The molecule has 3 rings (SSSR count). The van der Waals surface area contributed by atoms with Crippen LogP contribution in [0.4, 0.5) is 5.69 Å². The maximum absolute atomic E-state index is 12.9. The smallest absolute Gasteiger partial charge is 0.344 e. The van der Waals surface area contributed by atoms with Gasteiger partial charge in [-0.15, -0.1) is 0 Å². The third-order valence-corrected chi connectivity index (χ3v) is 4.98. The van der Waals surface area contributed by atoms with E-state index in [0.29, 0.717) is 11.3 Å². The molecule has 0 amide bonds. The number of rotatable bonds is 5. The molecule has 1 heterocycles. The topological polar surface area (TPSA) is 67.9 Å². The van der Waals surface area contributed by atoms with E-state index in [-0.39, 0.29) is 13.2 Å². The Bertz CT molecular complexity index is 866. The fourth-order valence-electron chi connectivity index (χ4n) is 2.91. The number of fused-ring (bicyclic) bond motifs is 1. The number of carbonyl (C=O) groups excluding carboxylic acids is 2. The number of hydrogen-bond acceptors (Lipinski definition) is 6. The summed E-state index contributed by atoms with van der Waals surface area (Å²) in [5.41, 5.74) is 4.75. The number of halogens is 1. The zero-order valence-corrected chi connectivity index (χ0v) is 17.7. The molecule has 1 atom stereocenters. The van der Waals surface area contributed by atoms with Crippen LogP contribution in [0.5, 0.6) is 0 Å². The highest BCUT2D eigenvalue weighted by atomic mass is 79.9. The molecule has 7 heteroatoms. The zero-order chi connectivity index (χ0) is 20.4. The fourth-order valence-corrected chi connectivity index (χ4v) is 3.58. The number of nitrogens with zero attached hydrogens (tertiary/aromatic N) is 1. The number of esters is 2. The van der Waals surface area contributed by atoms with Crippen LogP contribution in [0.25, 0.3) is 0 Å². The van der Waals surface area contributed by atoms with Gasteiger partial charge in [-0.05, 0) is 48.3 Å². The minimum Gasteiger partial charge on any atom is -0.459 e. The molecule has 0 spiro atoms. The van der Waals surface area contributed by atoms with Gasteiger partial charge in [0.05, 0.1) is 5.69 Å². The van der Waals surface area contributed by atoms with Crippen molar-refractivity contribution in [2.45, 2.75) is 37.4 Å². The van der Waals surface area contributed by atoms with Gasteiger partial charge in [-0.3, -0.25) is 9.80 Å². The van der Waals surface area contributed by atoms with Crippen molar-refractivity contribution in [1.29, 1.82) is 0 Å². The molecule has 2 aromatic carbocycles. The number of anilines is 1. The molecule has 0 radical (unpaired) electrons. The predicted octanol–water partition coefficient (Wildman–Crippen LogP) is 3.64. The minimum absolute atomic E-state index is 0.0480. The summed E-state index contributed by atoms with van der Waals surface area (Å²) in [5.74, 6) is -0.889. The molecule has 0 aliphatic carbocycles. The molecule has 0 fully saturated rings. The SMILES string of the molecule is CC(C)(C)OC(=O)CN1NC(Br)(C(=O)OCc2ccccc2)c2ccccc21. The Labute approximate surface area is 172 Å². The highest BCUT2D eigenvalue weighted by Crippen LogP contribution is 2.42. The van der Waals surface area contributed by atoms with Crippen molar-refractivity contribution in [3.63, 3.8) is 0 Å². The highest BCUT2D eigenvalue weighted by molar-refractivity contribution is 9.10. The second-order valence-corrected chi connectivity index (χ2v) is 8.71. The fraction of sp³-hybridized carbons (Fsp3) is 0.333. The Morgan fingerprint density at radius 2 is 1.71 bits per heavy atom. The van der Waals surface area contributed by atoms with E-state index < -0.39 is 22.0 Å². The summed E-state index contributed by atoms with van der Waals surface area (Å²) in [6.45, 7) is 5.54. The summed E-state index contributed by atoms with van der Waals surface area (Å²) in [6, 6.07) is 16.8. The van der Waals surface area contributed by atoms with Crippen LogP contribution in [0.15, 0.2) is 54.6 Å². The molecule has 1 N–H and O–H groups in total. The number of alkyl halides is 1. The number of hydrazine groups is 1. The first-order valence-corrected chi connectivity index (χ1v) is 9.75. The lowest BCUT2D eigenvalue weighted by Gasteiger charge is -2.26. The first-order valence-electron chi connectivity index (χ1n) is 8.96. The standard InChI is InChI=1S/C21H23BrN2O4/c1-20(2,3)28-18(25)13-24-17-12-8-7-11-16(17)21(22,23-24)19(26)27-14-15-9-5-4-6-10-15/h4-12,23H,13-14H2,1-3H3. The Hall–Kier alpha value is -2.38. The number of ether oxygens (including phenoxy) is 2. The molecular weight excluding hydrogens is 424 g/mol. The van der Waals surface area contributed by atoms with E-state index in [1.807, 2.05) is 75.4 Å². The van der Waals surface area contributed by atoms with E-state index >= 15 is 0 Å². The molecule has 1 aliphatic rings. The van der Waals surface area contributed by atoms with Crippen molar-refractivity contribution < 1.29 is 19.1 Å². The van der Waals surface area contributed by atoms with Crippen LogP contribution in [-0.4, -0.2) is 24.1 Å². The lowest BCUT2D eigenvalue weighted by Crippen LogP contribution is -2.50. The van der Waals surface area contributed by atoms with E-state index in [1.165, 1.54) is 0 Å². The molecule has 0 saturated heterocycles. The van der Waals surface area contributed by atoms with Crippen LogP contribution in [-0.2, 0) is 30.1 Å². The molecule has 1 unspecified atom stereocenters. The van der Waals surface area contributed by atoms with Crippen molar-refractivity contribution in [2.24, 2.45) is 0 Å². The van der Waals surface area contributed by atoms with Gasteiger partial charge < -0.3 is 9.47 Å². The molecule has 148 valence electrons. The third-order valence-electron chi connectivity index (χ3n) is 4.06. The van der Waals surface area contributed by atoms with Gasteiger partial charge in [-0.1, -0.05) is 48.5 Å². The van der Waals surface area contributed by atoms with Crippen LogP contribution >= 0.6 is 15.9 Å². The van der Waals surface area contributed by atoms with Crippen molar-refractivity contribution in [2.75, 3.05) is 11.6 Å². The number of benzene rings is 2. The monoisotopic (exact) mass is 446 g/mol. The number of para-hydroxylation sites is 1. The van der Waals surface area contributed by atoms with Crippen molar-refractivity contribution in [3.8, 4) is 0 Å². The van der Waals surface area contributed by atoms with E-state index in [0.717, 1.165) is 5.56 Å². The van der Waals surface area contributed by atoms with Crippen LogP contribution in [0.1, 0.15) is 31.9 Å². The molecule has 2 aromatic rings. The van der Waals surface area contributed by atoms with Gasteiger partial charge in [0.15, 0.2) is 0 Å². The molecule has 0 aromatic heterocycles. The maximum atomic E-state index is 12.9. The average Bonchev–Trinajstić information content (AvgIpc) is 2.92. The number of hydrogen-bond donors (Lipinski definition) is 1. The quantitative estimate of drug-likeness (QED) is 0.429. The second-order valence-electron chi connectivity index (χ2n) is 7.52. The Kier molecular flexibility index (Phi) is 5.76. The van der Waals surface area contributed by atoms with Crippen LogP contribution in [0.2, 0.25) is 0 Å². The van der Waals surface area contributed by atoms with Gasteiger partial charge in [-0.2, -0.15) is 0 Å². The summed E-state index contributed by atoms with van der Waals surface area (Å²) >= 11 is 3.50. The van der Waals surface area contributed by atoms with Gasteiger partial charge in [0.2, 0.25) is 4.45 Å². The first-order chi connectivity index (χ1) is 13.2. The van der Waals surface area contributed by atoms with Crippen molar-refractivity contribution in [1.82, 2.24) is 5.43 Å². The molecule has 1 aliphatic heterocycles. The zero-order valence-electron chi connectivity index (χ0n) is 16.1. The summed E-state index contributed by atoms with van der Waals surface area (Å²) < 4.78 is 9.63. The Morgan fingerprint density at radius 3 is 2.39 bits per heavy atom. The van der Waals surface area contributed by atoms with E-state index in [1.54, 1.807) is 5.01 Å². The van der Waals surface area contributed by atoms with Gasteiger partial charge in [-0.25, -0.2) is 10.2 Å². The lowest BCUT2D eigenvalue weighted by atomic mass is 10.1. The normalized spacial score (nSPS) is 18.5. The van der Waals surface area contributed by atoms with Gasteiger partial charge >= 0.3 is 11.9 Å². The summed E-state index contributed by atoms with van der Waals surface area (Å²) in [6.07, 6.45) is 0. The van der Waals surface area contributed by atoms with Gasteiger partial charge in [0.1, 0.15) is 18.8 Å². The number of nitrogens with one attached hydrogen (secondary N) is 1. The van der Waals surface area contributed by atoms with Crippen molar-refractivity contribution in [3.05, 3.63) is 65.7 Å². The summed E-state index contributed by atoms with van der Waals surface area (Å²) in [7, 11) is 0. The average molecular weight is 447 g/mol. The maximum Gasteiger partial charge on any atom is 0.344 e. The molecule has 28 heavy (non-hydrogen) atoms. The van der Waals surface area contributed by atoms with Crippen LogP contribution < -0.4 is 10.4 Å². The third kappa shape index (κ3) is 4.54. The van der Waals surface area contributed by atoms with E-state index in [4.69, 9.17) is 9.47 Å². The molecule has 0 saturated carbocycles. The van der Waals surface area contributed by atoms with E-state index in [9.17, 15) is 9.59 Å². The highest BCUT2D eigenvalue weighted by Gasteiger charge is 2.48. The summed E-state index contributed by atoms with van der Waals surface area (Å²) in [5, 5.41) is 1.60. The molecule has 6 nitrogen and oxygen atoms in total. The van der Waals surface area contributed by atoms with Gasteiger partial charge in [0, 0.05) is 5.56 Å². The predicted molar refractivity (Wildman–Crippen MR) is 110 cm³/mol. The van der Waals surface area contributed by atoms with Crippen LogP contribution in [0, 0.1) is 0 Å². The molecule has 0 bridgehead atoms. The second kappa shape index (κ2) is 7.93. The van der Waals surface area contributed by atoms with Gasteiger partial charge in [0.25, 0.3) is 0 Å². The Morgan fingerprint density at radius 1 is 1.07 bits per heavy atom. The largest absolute Gasteiger partial charge is 0.459 e. The minimum atomic E-state index is -1.28. The number of carbonyl (C=O) groups is 2.